The highest BCUT2D eigenvalue weighted by molar-refractivity contribution is 6.16. The highest BCUT2D eigenvalue weighted by atomic mass is 16.5. The van der Waals surface area contributed by atoms with Crippen LogP contribution in [0, 0.1) is 26.7 Å². The smallest absolute Gasteiger partial charge is 0.228 e. The molecule has 1 aliphatic heterocycles. The van der Waals surface area contributed by atoms with E-state index in [1.165, 1.54) is 65.8 Å². The van der Waals surface area contributed by atoms with Crippen molar-refractivity contribution in [2.45, 2.75) is 41.0 Å². The first kappa shape index (κ1) is 20.2. The lowest BCUT2D eigenvalue weighted by molar-refractivity contribution is -0.659. The van der Waals surface area contributed by atoms with Gasteiger partial charge in [-0.25, -0.2) is 4.57 Å². The van der Waals surface area contributed by atoms with E-state index in [1.807, 2.05) is 0 Å². The summed E-state index contributed by atoms with van der Waals surface area (Å²) in [5.41, 5.74) is 7.71. The van der Waals surface area contributed by atoms with Gasteiger partial charge < -0.3 is 4.74 Å². The van der Waals surface area contributed by atoms with Crippen LogP contribution in [0.3, 0.4) is 0 Å². The van der Waals surface area contributed by atoms with Crippen molar-refractivity contribution in [2.75, 3.05) is 0 Å². The van der Waals surface area contributed by atoms with Crippen LogP contribution in [0.5, 0.6) is 11.5 Å². The molecular formula is C31H30NO+. The van der Waals surface area contributed by atoms with E-state index in [9.17, 15) is 0 Å². The Morgan fingerprint density at radius 2 is 1.55 bits per heavy atom. The zero-order chi connectivity index (χ0) is 23.0. The Bertz CT molecular complexity index is 1620. The van der Waals surface area contributed by atoms with Gasteiger partial charge in [0.05, 0.1) is 10.9 Å². The van der Waals surface area contributed by atoms with Crippen molar-refractivity contribution in [2.24, 2.45) is 13.0 Å². The normalized spacial score (nSPS) is 12.6. The molecule has 0 unspecified atom stereocenters. The third-order valence-electron chi connectivity index (χ3n) is 7.20. The summed E-state index contributed by atoms with van der Waals surface area (Å²) in [6.07, 6.45) is 3.20. The van der Waals surface area contributed by atoms with Gasteiger partial charge >= 0.3 is 0 Å². The van der Waals surface area contributed by atoms with Crippen molar-refractivity contribution in [3.05, 3.63) is 77.0 Å². The largest absolute Gasteiger partial charge is 0.455 e. The summed E-state index contributed by atoms with van der Waals surface area (Å²) in [6.45, 7) is 11.2. The van der Waals surface area contributed by atoms with Gasteiger partial charge in [0.1, 0.15) is 18.5 Å². The lowest BCUT2D eigenvalue weighted by atomic mass is 9.85. The van der Waals surface area contributed by atoms with Crippen molar-refractivity contribution < 1.29 is 9.30 Å². The molecule has 2 heterocycles. The molecule has 0 saturated heterocycles. The Labute approximate surface area is 195 Å². The number of nitrogens with zero attached hydrogens (tertiary/aromatic N) is 1. The summed E-state index contributed by atoms with van der Waals surface area (Å²) >= 11 is 0. The molecule has 2 nitrogen and oxygen atoms in total. The molecule has 0 bridgehead atoms. The van der Waals surface area contributed by atoms with Gasteiger partial charge in [0.2, 0.25) is 5.69 Å². The quantitative estimate of drug-likeness (QED) is 0.200. The van der Waals surface area contributed by atoms with E-state index in [4.69, 9.17) is 4.74 Å². The summed E-state index contributed by atoms with van der Waals surface area (Å²) in [5.74, 6) is 2.55. The maximum atomic E-state index is 6.88. The Morgan fingerprint density at radius 1 is 0.818 bits per heavy atom. The summed E-state index contributed by atoms with van der Waals surface area (Å²) in [4.78, 5) is 0. The molecule has 1 aliphatic rings. The summed E-state index contributed by atoms with van der Waals surface area (Å²) in [6, 6.07) is 18.0. The Balaban J connectivity index is 1.83. The number of hydrogen-bond acceptors (Lipinski definition) is 1. The number of ether oxygens (including phenoxy) is 1. The first-order valence-corrected chi connectivity index (χ1v) is 11.9. The van der Waals surface area contributed by atoms with Crippen LogP contribution < -0.4 is 9.30 Å². The zero-order valence-electron chi connectivity index (χ0n) is 20.3. The number of aromatic nitrogens is 1. The van der Waals surface area contributed by atoms with E-state index < -0.39 is 0 Å². The van der Waals surface area contributed by atoms with E-state index in [0.717, 1.165) is 17.9 Å². The molecule has 2 heteroatoms. The highest BCUT2D eigenvalue weighted by Gasteiger charge is 2.33. The van der Waals surface area contributed by atoms with Crippen LogP contribution in [-0.4, -0.2) is 0 Å². The third-order valence-corrected chi connectivity index (χ3v) is 7.20. The Kier molecular flexibility index (Phi) is 4.32. The molecular weight excluding hydrogens is 402 g/mol. The molecule has 0 fully saturated rings. The van der Waals surface area contributed by atoms with Crippen LogP contribution in [0.1, 0.15) is 36.1 Å². The fraction of sp³-hybridized carbons (Fsp3) is 0.258. The fourth-order valence-electron chi connectivity index (χ4n) is 5.67. The van der Waals surface area contributed by atoms with E-state index in [-0.39, 0.29) is 0 Å². The summed E-state index contributed by atoms with van der Waals surface area (Å²) < 4.78 is 9.16. The monoisotopic (exact) mass is 432 g/mol. The summed E-state index contributed by atoms with van der Waals surface area (Å²) in [5, 5.41) is 7.66. The third kappa shape index (κ3) is 2.90. The van der Waals surface area contributed by atoms with E-state index in [0.29, 0.717) is 5.92 Å². The maximum absolute atomic E-state index is 6.88. The van der Waals surface area contributed by atoms with Crippen LogP contribution in [-0.2, 0) is 13.5 Å². The SMILES string of the molecule is Cc1ccc2c(CC(C)C)c3c(c(C)c2c1)-c1c2c(cc4ccc(C)cc4c2cc[n+]1C)O3. The van der Waals surface area contributed by atoms with Crippen LogP contribution >= 0.6 is 0 Å². The second-order valence-electron chi connectivity index (χ2n) is 10.2. The molecule has 6 rings (SSSR count). The van der Waals surface area contributed by atoms with Gasteiger partial charge in [-0.2, -0.15) is 0 Å². The van der Waals surface area contributed by atoms with Crippen molar-refractivity contribution in [1.82, 2.24) is 0 Å². The van der Waals surface area contributed by atoms with Crippen molar-refractivity contribution in [1.29, 1.82) is 0 Å². The molecule has 0 atom stereocenters. The second-order valence-corrected chi connectivity index (χ2v) is 10.2. The average molecular weight is 433 g/mol. The van der Waals surface area contributed by atoms with Crippen LogP contribution in [0.4, 0.5) is 0 Å². The molecule has 0 N–H and O–H groups in total. The molecule has 0 radical (unpaired) electrons. The highest BCUT2D eigenvalue weighted by Crippen LogP contribution is 2.52. The predicted molar refractivity (Wildman–Crippen MR) is 138 cm³/mol. The molecule has 33 heavy (non-hydrogen) atoms. The van der Waals surface area contributed by atoms with Gasteiger partial charge in [-0.15, -0.1) is 0 Å². The lowest BCUT2D eigenvalue weighted by Crippen LogP contribution is -2.32. The minimum absolute atomic E-state index is 0.537. The minimum atomic E-state index is 0.537. The fourth-order valence-corrected chi connectivity index (χ4v) is 5.67. The first-order chi connectivity index (χ1) is 15.8. The van der Waals surface area contributed by atoms with Crippen LogP contribution in [0.25, 0.3) is 43.6 Å². The molecule has 0 saturated carbocycles. The molecule has 0 amide bonds. The standard InChI is InChI=1S/C31H30NO/c1-17(2)13-26-22-10-8-19(4)14-24(22)20(5)28-30-29-23(11-12-32(30)6)25-15-18(3)7-9-21(25)16-27(29)33-31(26)28/h7-12,14-17H,13H2,1-6H3/q+1. The lowest BCUT2D eigenvalue weighted by Gasteiger charge is -2.26. The number of benzene rings is 4. The number of hydrogen-bond donors (Lipinski definition) is 0. The molecule has 164 valence electrons. The van der Waals surface area contributed by atoms with Gasteiger partial charge in [0.15, 0.2) is 6.20 Å². The molecule has 5 aromatic rings. The molecule has 0 spiro atoms. The van der Waals surface area contributed by atoms with Crippen molar-refractivity contribution in [3.8, 4) is 22.8 Å². The van der Waals surface area contributed by atoms with Gasteiger partial charge in [-0.1, -0.05) is 61.4 Å². The van der Waals surface area contributed by atoms with Crippen LogP contribution in [0.2, 0.25) is 0 Å². The minimum Gasteiger partial charge on any atom is -0.455 e. The van der Waals surface area contributed by atoms with E-state index in [1.54, 1.807) is 0 Å². The number of aryl methyl sites for hydroxylation is 4. The number of pyridine rings is 1. The average Bonchev–Trinajstić information content (AvgIpc) is 2.78. The van der Waals surface area contributed by atoms with Gasteiger partial charge in [-0.3, -0.25) is 0 Å². The summed E-state index contributed by atoms with van der Waals surface area (Å²) in [7, 11) is 2.16. The number of fused-ring (bicyclic) bond motifs is 5. The number of rotatable bonds is 2. The van der Waals surface area contributed by atoms with E-state index in [2.05, 4.69) is 101 Å². The van der Waals surface area contributed by atoms with Gasteiger partial charge in [0.25, 0.3) is 0 Å². The predicted octanol–water partition coefficient (Wildman–Crippen LogP) is 7.87. The Morgan fingerprint density at radius 3 is 2.30 bits per heavy atom. The Hall–Kier alpha value is -3.39. The molecule has 1 aromatic heterocycles. The first-order valence-electron chi connectivity index (χ1n) is 11.9. The molecule has 0 aliphatic carbocycles. The van der Waals surface area contributed by atoms with Crippen molar-refractivity contribution >= 4 is 32.3 Å². The van der Waals surface area contributed by atoms with Crippen molar-refractivity contribution in [3.63, 3.8) is 0 Å². The zero-order valence-corrected chi connectivity index (χ0v) is 20.3. The van der Waals surface area contributed by atoms with Crippen LogP contribution in [0.15, 0.2) is 54.7 Å². The maximum Gasteiger partial charge on any atom is 0.228 e. The van der Waals surface area contributed by atoms with Gasteiger partial charge in [-0.05, 0) is 66.3 Å². The second kappa shape index (κ2) is 7.05. The van der Waals surface area contributed by atoms with Gasteiger partial charge in [0, 0.05) is 17.0 Å². The van der Waals surface area contributed by atoms with E-state index >= 15 is 0 Å². The molecule has 4 aromatic carbocycles. The topological polar surface area (TPSA) is 13.1 Å².